The fraction of sp³-hybridized carbons (Fsp3) is 0.241. The number of aliphatic hydroxyl groups excluding tert-OH is 1. The SMILES string of the molecule is CC(=N)N1C(=N)[C@H](CC(=O)Nc2cccc(C#CC(N)CO)c2)N=C(c2ccc(Cl)cc2)c2c1sc(C)c2C. The fourth-order valence-electron chi connectivity index (χ4n) is 4.17. The van der Waals surface area contributed by atoms with Crippen LogP contribution in [0.5, 0.6) is 0 Å². The number of nitrogens with two attached hydrogens (primary N) is 1. The quantitative estimate of drug-likeness (QED) is 0.175. The number of hydrogen-bond acceptors (Lipinski definition) is 7. The summed E-state index contributed by atoms with van der Waals surface area (Å²) in [5.74, 6) is 5.54. The van der Waals surface area contributed by atoms with E-state index < -0.39 is 12.1 Å². The molecule has 8 nitrogen and oxygen atoms in total. The van der Waals surface area contributed by atoms with Gasteiger partial charge in [0, 0.05) is 32.3 Å². The van der Waals surface area contributed by atoms with Crippen molar-refractivity contribution in [2.24, 2.45) is 10.7 Å². The second kappa shape index (κ2) is 11.9. The van der Waals surface area contributed by atoms with E-state index in [4.69, 9.17) is 38.3 Å². The molecule has 2 aromatic carbocycles. The molecule has 0 saturated carbocycles. The summed E-state index contributed by atoms with van der Waals surface area (Å²) in [7, 11) is 0. The minimum Gasteiger partial charge on any atom is -0.394 e. The lowest BCUT2D eigenvalue weighted by molar-refractivity contribution is -0.116. The van der Waals surface area contributed by atoms with Crippen LogP contribution < -0.4 is 16.0 Å². The Morgan fingerprint density at radius 2 is 2.00 bits per heavy atom. The number of carbonyl (C=O) groups excluding carboxylic acids is 1. The van der Waals surface area contributed by atoms with Crippen LogP contribution in [0.15, 0.2) is 53.5 Å². The number of anilines is 2. The third-order valence-corrected chi connectivity index (χ3v) is 7.67. The van der Waals surface area contributed by atoms with Crippen LogP contribution in [0, 0.1) is 36.5 Å². The van der Waals surface area contributed by atoms with Crippen molar-refractivity contribution in [1.82, 2.24) is 0 Å². The zero-order valence-electron chi connectivity index (χ0n) is 21.8. The third kappa shape index (κ3) is 6.27. The number of thiophene rings is 1. The van der Waals surface area contributed by atoms with Gasteiger partial charge >= 0.3 is 0 Å². The van der Waals surface area contributed by atoms with Gasteiger partial charge in [-0.2, -0.15) is 0 Å². The number of hydrogen-bond donors (Lipinski definition) is 5. The van der Waals surface area contributed by atoms with Gasteiger partial charge in [0.1, 0.15) is 22.7 Å². The second-order valence-electron chi connectivity index (χ2n) is 9.16. The molecule has 1 aliphatic rings. The molecule has 6 N–H and O–H groups in total. The topological polar surface area (TPSA) is 139 Å². The number of carbonyl (C=O) groups is 1. The molecule has 1 aliphatic heterocycles. The van der Waals surface area contributed by atoms with Crippen molar-refractivity contribution in [2.75, 3.05) is 16.8 Å². The average Bonchev–Trinajstić information content (AvgIpc) is 3.11. The van der Waals surface area contributed by atoms with Crippen molar-refractivity contribution >= 4 is 56.9 Å². The Hall–Kier alpha value is -3.81. The molecule has 0 saturated heterocycles. The van der Waals surface area contributed by atoms with Crippen LogP contribution in [0.4, 0.5) is 10.7 Å². The van der Waals surface area contributed by atoms with Crippen LogP contribution in [0.3, 0.4) is 0 Å². The van der Waals surface area contributed by atoms with Gasteiger partial charge in [-0.05, 0) is 56.7 Å². The Labute approximate surface area is 236 Å². The lowest BCUT2D eigenvalue weighted by Crippen LogP contribution is -2.41. The van der Waals surface area contributed by atoms with E-state index in [9.17, 15) is 4.79 Å². The highest BCUT2D eigenvalue weighted by Crippen LogP contribution is 2.40. The molecule has 39 heavy (non-hydrogen) atoms. The summed E-state index contributed by atoms with van der Waals surface area (Å²) in [5, 5.41) is 30.8. The van der Waals surface area contributed by atoms with E-state index in [-0.39, 0.29) is 30.6 Å². The molecule has 1 unspecified atom stereocenters. The van der Waals surface area contributed by atoms with Crippen LogP contribution in [0.2, 0.25) is 5.02 Å². The second-order valence-corrected chi connectivity index (χ2v) is 10.8. The van der Waals surface area contributed by atoms with E-state index in [2.05, 4.69) is 17.2 Å². The molecular weight excluding hydrogens is 532 g/mol. The van der Waals surface area contributed by atoms with Crippen molar-refractivity contribution in [1.29, 1.82) is 10.8 Å². The Kier molecular flexibility index (Phi) is 8.63. The largest absolute Gasteiger partial charge is 0.394 e. The number of rotatable bonds is 5. The Bertz CT molecular complexity index is 1530. The molecule has 2 heterocycles. The molecule has 0 fully saturated rings. The Morgan fingerprint density at radius 3 is 2.67 bits per heavy atom. The van der Waals surface area contributed by atoms with Crippen molar-refractivity contribution < 1.29 is 9.90 Å². The fourth-order valence-corrected chi connectivity index (χ4v) is 5.52. The summed E-state index contributed by atoms with van der Waals surface area (Å²) in [6.07, 6.45) is -0.0992. The smallest absolute Gasteiger partial charge is 0.227 e. The zero-order chi connectivity index (χ0) is 28.3. The van der Waals surface area contributed by atoms with Crippen LogP contribution in [0.25, 0.3) is 0 Å². The summed E-state index contributed by atoms with van der Waals surface area (Å²) in [4.78, 5) is 20.8. The van der Waals surface area contributed by atoms with E-state index in [0.29, 0.717) is 22.0 Å². The highest BCUT2D eigenvalue weighted by Gasteiger charge is 2.34. The summed E-state index contributed by atoms with van der Waals surface area (Å²) in [6, 6.07) is 12.8. The van der Waals surface area contributed by atoms with Crippen molar-refractivity contribution in [3.63, 3.8) is 0 Å². The van der Waals surface area contributed by atoms with E-state index in [1.165, 1.54) is 11.3 Å². The van der Waals surface area contributed by atoms with Gasteiger partial charge in [-0.1, -0.05) is 41.6 Å². The third-order valence-electron chi connectivity index (χ3n) is 6.22. The summed E-state index contributed by atoms with van der Waals surface area (Å²) in [5.41, 5.74) is 10.2. The first-order chi connectivity index (χ1) is 18.6. The minimum atomic E-state index is -0.833. The predicted molar refractivity (Wildman–Crippen MR) is 160 cm³/mol. The predicted octanol–water partition coefficient (Wildman–Crippen LogP) is 4.72. The molecule has 0 spiro atoms. The first kappa shape index (κ1) is 28.2. The zero-order valence-corrected chi connectivity index (χ0v) is 23.4. The number of aryl methyl sites for hydroxylation is 1. The van der Waals surface area contributed by atoms with Crippen LogP contribution in [0.1, 0.15) is 40.5 Å². The molecule has 2 atom stereocenters. The number of halogens is 1. The maximum absolute atomic E-state index is 13.2. The molecule has 0 bridgehead atoms. The number of aliphatic imine (C=N–C) groups is 1. The number of benzene rings is 2. The number of amides is 1. The Morgan fingerprint density at radius 1 is 1.28 bits per heavy atom. The normalized spacial score (nSPS) is 15.4. The van der Waals surface area contributed by atoms with Gasteiger partial charge in [0.2, 0.25) is 5.91 Å². The molecule has 4 rings (SSSR count). The van der Waals surface area contributed by atoms with Gasteiger partial charge in [-0.25, -0.2) is 0 Å². The first-order valence-electron chi connectivity index (χ1n) is 12.2. The van der Waals surface area contributed by atoms with E-state index in [0.717, 1.165) is 26.6 Å². The maximum Gasteiger partial charge on any atom is 0.227 e. The summed E-state index contributed by atoms with van der Waals surface area (Å²) >= 11 is 7.65. The van der Waals surface area contributed by atoms with Crippen molar-refractivity contribution in [3.8, 4) is 11.8 Å². The van der Waals surface area contributed by atoms with Crippen LogP contribution in [-0.4, -0.2) is 47.1 Å². The molecule has 1 amide bonds. The van der Waals surface area contributed by atoms with Gasteiger partial charge < -0.3 is 16.2 Å². The van der Waals surface area contributed by atoms with Gasteiger partial charge in [0.15, 0.2) is 0 Å². The number of nitrogens with one attached hydrogen (secondary N) is 3. The van der Waals surface area contributed by atoms with Gasteiger partial charge in [0.25, 0.3) is 0 Å². The Balaban J connectivity index is 1.70. The van der Waals surface area contributed by atoms with E-state index >= 15 is 0 Å². The minimum absolute atomic E-state index is 0.0571. The number of fused-ring (bicyclic) bond motifs is 1. The van der Waals surface area contributed by atoms with Gasteiger partial charge in [-0.3, -0.25) is 25.5 Å². The van der Waals surface area contributed by atoms with Crippen molar-refractivity contribution in [2.45, 2.75) is 39.3 Å². The van der Waals surface area contributed by atoms with Crippen molar-refractivity contribution in [3.05, 3.63) is 80.7 Å². The molecular formula is C29H29ClN6O2S. The molecule has 3 aromatic rings. The monoisotopic (exact) mass is 560 g/mol. The highest BCUT2D eigenvalue weighted by molar-refractivity contribution is 7.17. The van der Waals surface area contributed by atoms with Gasteiger partial charge in [0.05, 0.1) is 24.8 Å². The lowest BCUT2D eigenvalue weighted by atomic mass is 9.99. The first-order valence-corrected chi connectivity index (χ1v) is 13.4. The summed E-state index contributed by atoms with van der Waals surface area (Å²) in [6.45, 7) is 5.40. The lowest BCUT2D eigenvalue weighted by Gasteiger charge is -2.24. The van der Waals surface area contributed by atoms with Gasteiger partial charge in [-0.15, -0.1) is 11.3 Å². The molecule has 0 aliphatic carbocycles. The van der Waals surface area contributed by atoms with Crippen LogP contribution in [-0.2, 0) is 4.79 Å². The molecule has 1 aromatic heterocycles. The molecule has 200 valence electrons. The summed E-state index contributed by atoms with van der Waals surface area (Å²) < 4.78 is 0. The number of nitrogens with zero attached hydrogens (tertiary/aromatic N) is 2. The number of aliphatic hydroxyl groups is 1. The molecule has 0 radical (unpaired) electrons. The number of amidine groups is 2. The average molecular weight is 561 g/mol. The van der Waals surface area contributed by atoms with E-state index in [1.54, 1.807) is 48.2 Å². The highest BCUT2D eigenvalue weighted by atomic mass is 35.5. The molecule has 10 heteroatoms. The van der Waals surface area contributed by atoms with E-state index in [1.807, 2.05) is 26.0 Å². The van der Waals surface area contributed by atoms with Crippen LogP contribution >= 0.6 is 22.9 Å². The maximum atomic E-state index is 13.2. The standard InChI is InChI=1S/C29H29ClN6O2S/c1-16-17(2)39-29-26(16)27(20-8-10-21(30)11-9-20)35-24(28(33)36(29)18(3)31)14-25(38)34-23-6-4-5-19(13-23)7-12-22(32)15-37/h4-6,8-11,13,22,24,31,33,37H,14-15,32H2,1-3H3,(H,34,38)/t22?,24-/m0/s1.